The van der Waals surface area contributed by atoms with Gasteiger partial charge in [-0.25, -0.2) is 0 Å². The van der Waals surface area contributed by atoms with Crippen LogP contribution in [0.2, 0.25) is 0 Å². The van der Waals surface area contributed by atoms with E-state index in [4.69, 9.17) is 10.3 Å². The highest BCUT2D eigenvalue weighted by Gasteiger charge is 2.47. The molecule has 4 bridgehead atoms. The number of aromatic nitrogens is 1. The Morgan fingerprint density at radius 2 is 1.90 bits per heavy atom. The second-order valence-corrected chi connectivity index (χ2v) is 6.91. The van der Waals surface area contributed by atoms with E-state index in [2.05, 4.69) is 10.5 Å². The Labute approximate surface area is 118 Å². The molecule has 0 radical (unpaired) electrons. The first-order valence-electron chi connectivity index (χ1n) is 7.69. The zero-order chi connectivity index (χ0) is 13.7. The number of carbonyl (C=O) groups is 1. The lowest BCUT2D eigenvalue weighted by Gasteiger charge is -2.54. The Kier molecular flexibility index (Phi) is 2.75. The highest BCUT2D eigenvalue weighted by Crippen LogP contribution is 2.56. The summed E-state index contributed by atoms with van der Waals surface area (Å²) >= 11 is 0. The molecule has 0 atom stereocenters. The van der Waals surface area contributed by atoms with E-state index in [1.807, 2.05) is 0 Å². The summed E-state index contributed by atoms with van der Waals surface area (Å²) in [6.45, 7) is 0.776. The number of rotatable bonds is 3. The maximum Gasteiger partial charge on any atom is 0.258 e. The summed E-state index contributed by atoms with van der Waals surface area (Å²) in [6.07, 6.45) is 8.36. The molecule has 5 heteroatoms. The Hall–Kier alpha value is -1.52. The summed E-state index contributed by atoms with van der Waals surface area (Å²) in [5, 5.41) is 6.58. The molecule has 1 aromatic rings. The van der Waals surface area contributed by atoms with E-state index < -0.39 is 0 Å². The Bertz CT molecular complexity index is 497. The molecule has 108 valence electrons. The van der Waals surface area contributed by atoms with Crippen molar-refractivity contribution in [1.29, 1.82) is 0 Å². The number of amides is 1. The fraction of sp³-hybridized carbons (Fsp3) is 0.733. The van der Waals surface area contributed by atoms with E-state index in [1.165, 1.54) is 38.3 Å². The average molecular weight is 275 g/mol. The Balaban J connectivity index is 1.40. The van der Waals surface area contributed by atoms with Crippen LogP contribution in [-0.2, 0) is 0 Å². The molecule has 1 aromatic heterocycles. The van der Waals surface area contributed by atoms with Crippen molar-refractivity contribution in [2.24, 2.45) is 29.6 Å². The highest BCUT2D eigenvalue weighted by atomic mass is 16.5. The van der Waals surface area contributed by atoms with Gasteiger partial charge in [0, 0.05) is 6.54 Å². The van der Waals surface area contributed by atoms with Crippen molar-refractivity contribution in [3.8, 4) is 0 Å². The molecule has 4 saturated carbocycles. The molecule has 0 spiro atoms. The van der Waals surface area contributed by atoms with Gasteiger partial charge in [-0.3, -0.25) is 4.79 Å². The van der Waals surface area contributed by atoms with Crippen molar-refractivity contribution in [3.05, 3.63) is 11.8 Å². The summed E-state index contributed by atoms with van der Waals surface area (Å²) in [5.41, 5.74) is 5.93. The van der Waals surface area contributed by atoms with Gasteiger partial charge in [-0.1, -0.05) is 5.16 Å². The molecule has 20 heavy (non-hydrogen) atoms. The van der Waals surface area contributed by atoms with Crippen LogP contribution in [0.25, 0.3) is 0 Å². The average Bonchev–Trinajstić information content (AvgIpc) is 2.83. The number of nitrogen functional groups attached to an aromatic ring is 1. The smallest absolute Gasteiger partial charge is 0.258 e. The van der Waals surface area contributed by atoms with Gasteiger partial charge in [0.25, 0.3) is 5.91 Å². The van der Waals surface area contributed by atoms with Crippen LogP contribution in [0.5, 0.6) is 0 Å². The van der Waals surface area contributed by atoms with E-state index in [1.54, 1.807) is 0 Å². The molecule has 3 N–H and O–H groups in total. The standard InChI is InChI=1S/C15H21N3O2/c16-14-13(7-18-20-14)15(19)17-6-12-10-2-8-1-9(4-10)5-11(12)3-8/h7-12H,1-6,16H2,(H,17,19). The number of nitrogens with two attached hydrogens (primary N) is 1. The molecule has 5 rings (SSSR count). The number of carbonyl (C=O) groups excluding carboxylic acids is 1. The minimum atomic E-state index is -0.155. The predicted octanol–water partition coefficient (Wildman–Crippen LogP) is 2.06. The molecular formula is C15H21N3O2. The molecule has 0 saturated heterocycles. The number of hydrogen-bond donors (Lipinski definition) is 2. The molecule has 0 aromatic carbocycles. The largest absolute Gasteiger partial charge is 0.367 e. The second kappa shape index (κ2) is 4.50. The van der Waals surface area contributed by atoms with E-state index in [0.29, 0.717) is 11.5 Å². The maximum atomic E-state index is 12.1. The van der Waals surface area contributed by atoms with Gasteiger partial charge < -0.3 is 15.6 Å². The number of anilines is 1. The first-order valence-corrected chi connectivity index (χ1v) is 7.69. The van der Waals surface area contributed by atoms with Crippen LogP contribution < -0.4 is 11.1 Å². The molecule has 4 fully saturated rings. The molecular weight excluding hydrogens is 254 g/mol. The van der Waals surface area contributed by atoms with Gasteiger partial charge in [-0.15, -0.1) is 0 Å². The molecule has 4 aliphatic rings. The summed E-state index contributed by atoms with van der Waals surface area (Å²) in [4.78, 5) is 12.1. The maximum absolute atomic E-state index is 12.1. The summed E-state index contributed by atoms with van der Waals surface area (Å²) in [5.74, 6) is 4.20. The van der Waals surface area contributed by atoms with Crippen molar-refractivity contribution in [2.75, 3.05) is 12.3 Å². The minimum Gasteiger partial charge on any atom is -0.367 e. The van der Waals surface area contributed by atoms with E-state index in [9.17, 15) is 4.79 Å². The fourth-order valence-corrected chi connectivity index (χ4v) is 5.10. The van der Waals surface area contributed by atoms with E-state index >= 15 is 0 Å². The third-order valence-electron chi connectivity index (χ3n) is 5.76. The number of nitrogens with zero attached hydrogens (tertiary/aromatic N) is 1. The molecule has 5 nitrogen and oxygen atoms in total. The van der Waals surface area contributed by atoms with Crippen molar-refractivity contribution in [3.63, 3.8) is 0 Å². The van der Waals surface area contributed by atoms with E-state index in [-0.39, 0.29) is 11.8 Å². The fourth-order valence-electron chi connectivity index (χ4n) is 5.10. The van der Waals surface area contributed by atoms with Crippen molar-refractivity contribution < 1.29 is 9.32 Å². The van der Waals surface area contributed by atoms with Crippen LogP contribution in [0.1, 0.15) is 42.5 Å². The highest BCUT2D eigenvalue weighted by molar-refractivity contribution is 5.97. The minimum absolute atomic E-state index is 0.104. The predicted molar refractivity (Wildman–Crippen MR) is 73.8 cm³/mol. The lowest BCUT2D eigenvalue weighted by Crippen LogP contribution is -2.49. The van der Waals surface area contributed by atoms with Gasteiger partial charge in [0.05, 0.1) is 6.20 Å². The summed E-state index contributed by atoms with van der Waals surface area (Å²) in [7, 11) is 0. The summed E-state index contributed by atoms with van der Waals surface area (Å²) < 4.78 is 4.74. The van der Waals surface area contributed by atoms with Gasteiger partial charge >= 0.3 is 0 Å². The molecule has 0 unspecified atom stereocenters. The molecule has 1 heterocycles. The zero-order valence-corrected chi connectivity index (χ0v) is 11.5. The van der Waals surface area contributed by atoms with Gasteiger partial charge in [0.1, 0.15) is 5.56 Å². The Morgan fingerprint density at radius 3 is 2.45 bits per heavy atom. The first-order chi connectivity index (χ1) is 9.70. The van der Waals surface area contributed by atoms with Crippen LogP contribution in [0.3, 0.4) is 0 Å². The third kappa shape index (κ3) is 1.91. The first kappa shape index (κ1) is 12.2. The van der Waals surface area contributed by atoms with Gasteiger partial charge in [0.15, 0.2) is 0 Å². The lowest BCUT2D eigenvalue weighted by molar-refractivity contribution is -0.0347. The van der Waals surface area contributed by atoms with Crippen LogP contribution in [0.15, 0.2) is 10.7 Å². The van der Waals surface area contributed by atoms with Gasteiger partial charge in [-0.05, 0) is 61.7 Å². The van der Waals surface area contributed by atoms with Crippen LogP contribution in [0, 0.1) is 29.6 Å². The van der Waals surface area contributed by atoms with Crippen LogP contribution in [-0.4, -0.2) is 17.6 Å². The third-order valence-corrected chi connectivity index (χ3v) is 5.76. The second-order valence-electron chi connectivity index (χ2n) is 6.91. The van der Waals surface area contributed by atoms with Crippen molar-refractivity contribution in [2.45, 2.75) is 32.1 Å². The van der Waals surface area contributed by atoms with Crippen LogP contribution >= 0.6 is 0 Å². The number of nitrogens with one attached hydrogen (secondary N) is 1. The SMILES string of the molecule is Nc1oncc1C(=O)NCC1C2CC3CC(C2)CC1C3. The van der Waals surface area contributed by atoms with Gasteiger partial charge in [0.2, 0.25) is 5.88 Å². The van der Waals surface area contributed by atoms with Crippen molar-refractivity contribution in [1.82, 2.24) is 10.5 Å². The summed E-state index contributed by atoms with van der Waals surface area (Å²) in [6, 6.07) is 0. The van der Waals surface area contributed by atoms with Crippen molar-refractivity contribution >= 4 is 11.8 Å². The molecule has 1 amide bonds. The molecule has 0 aliphatic heterocycles. The van der Waals surface area contributed by atoms with Gasteiger partial charge in [-0.2, -0.15) is 0 Å². The monoisotopic (exact) mass is 275 g/mol. The molecule has 4 aliphatic carbocycles. The lowest BCUT2D eigenvalue weighted by atomic mass is 9.52. The zero-order valence-electron chi connectivity index (χ0n) is 11.5. The number of hydrogen-bond acceptors (Lipinski definition) is 4. The van der Waals surface area contributed by atoms with E-state index in [0.717, 1.165) is 30.2 Å². The topological polar surface area (TPSA) is 81.2 Å². The Morgan fingerprint density at radius 1 is 1.25 bits per heavy atom. The normalized spacial score (nSPS) is 38.1. The quantitative estimate of drug-likeness (QED) is 0.884. The van der Waals surface area contributed by atoms with Crippen LogP contribution in [0.4, 0.5) is 5.88 Å².